The van der Waals surface area contributed by atoms with Gasteiger partial charge in [0, 0.05) is 17.1 Å². The minimum absolute atomic E-state index is 0.155. The van der Waals surface area contributed by atoms with E-state index in [1.54, 1.807) is 12.1 Å². The minimum Gasteiger partial charge on any atom is -0.378 e. The Morgan fingerprint density at radius 3 is 2.35 bits per heavy atom. The number of anilines is 1. The van der Waals surface area contributed by atoms with Crippen LogP contribution in [0.5, 0.6) is 0 Å². The highest BCUT2D eigenvalue weighted by atomic mass is 35.5. The van der Waals surface area contributed by atoms with Crippen LogP contribution in [0.3, 0.4) is 0 Å². The quantitative estimate of drug-likeness (QED) is 0.832. The normalized spacial score (nSPS) is 10.2. The first kappa shape index (κ1) is 14.9. The van der Waals surface area contributed by atoms with Gasteiger partial charge in [-0.25, -0.2) is 4.39 Å². The molecule has 2 aromatic rings. The fraction of sp³-hybridized carbons (Fsp3) is 0.0714. The third kappa shape index (κ3) is 3.34. The predicted octanol–water partition coefficient (Wildman–Crippen LogP) is 5.27. The zero-order chi connectivity index (χ0) is 14.7. The molecule has 0 aliphatic carbocycles. The molecule has 102 valence electrons. The number of nitriles is 1. The molecule has 0 spiro atoms. The van der Waals surface area contributed by atoms with Gasteiger partial charge < -0.3 is 5.32 Å². The first-order valence-corrected chi connectivity index (χ1v) is 6.71. The van der Waals surface area contributed by atoms with E-state index in [1.165, 1.54) is 18.2 Å². The molecule has 0 aliphatic rings. The van der Waals surface area contributed by atoms with Crippen LogP contribution < -0.4 is 5.32 Å². The van der Waals surface area contributed by atoms with Crippen LogP contribution in [0, 0.1) is 17.1 Å². The van der Waals surface area contributed by atoms with Crippen LogP contribution in [-0.2, 0) is 6.54 Å². The van der Waals surface area contributed by atoms with Crippen LogP contribution in [-0.4, -0.2) is 0 Å². The Kier molecular flexibility index (Phi) is 4.72. The van der Waals surface area contributed by atoms with Crippen molar-refractivity contribution >= 4 is 40.5 Å². The molecule has 2 nitrogen and oxygen atoms in total. The van der Waals surface area contributed by atoms with E-state index in [1.807, 2.05) is 6.07 Å². The lowest BCUT2D eigenvalue weighted by Gasteiger charge is -2.11. The molecule has 0 radical (unpaired) electrons. The molecule has 0 saturated heterocycles. The summed E-state index contributed by atoms with van der Waals surface area (Å²) in [7, 11) is 0. The lowest BCUT2D eigenvalue weighted by atomic mass is 10.1. The van der Waals surface area contributed by atoms with E-state index in [4.69, 9.17) is 40.1 Å². The van der Waals surface area contributed by atoms with Gasteiger partial charge in [-0.1, -0.05) is 34.8 Å². The fourth-order valence-corrected chi connectivity index (χ4v) is 2.63. The number of rotatable bonds is 3. The molecule has 0 fully saturated rings. The van der Waals surface area contributed by atoms with E-state index in [-0.39, 0.29) is 6.54 Å². The molecule has 20 heavy (non-hydrogen) atoms. The van der Waals surface area contributed by atoms with Crippen molar-refractivity contribution in [1.29, 1.82) is 5.26 Å². The smallest absolute Gasteiger partial charge is 0.128 e. The van der Waals surface area contributed by atoms with Gasteiger partial charge in [0.25, 0.3) is 0 Å². The Morgan fingerprint density at radius 2 is 1.75 bits per heavy atom. The lowest BCUT2D eigenvalue weighted by Crippen LogP contribution is -2.03. The highest BCUT2D eigenvalue weighted by Crippen LogP contribution is 2.34. The average molecular weight is 330 g/mol. The molecule has 0 aliphatic heterocycles. The highest BCUT2D eigenvalue weighted by molar-refractivity contribution is 6.41. The molecule has 0 bridgehead atoms. The summed E-state index contributed by atoms with van der Waals surface area (Å²) in [5.41, 5.74) is 1.21. The van der Waals surface area contributed by atoms with Gasteiger partial charge in [-0.05, 0) is 30.3 Å². The number of hydrogen-bond acceptors (Lipinski definition) is 2. The van der Waals surface area contributed by atoms with Crippen molar-refractivity contribution in [3.05, 3.63) is 62.3 Å². The molecular formula is C14H8Cl3FN2. The maximum atomic E-state index is 13.6. The molecular weight excluding hydrogens is 322 g/mol. The Hall–Kier alpha value is -1.47. The van der Waals surface area contributed by atoms with E-state index >= 15 is 0 Å². The molecule has 0 atom stereocenters. The Bertz CT molecular complexity index is 672. The SMILES string of the molecule is N#Cc1ccc(F)c(CNc2c(Cl)cc(Cl)cc2Cl)c1. The topological polar surface area (TPSA) is 35.8 Å². The largest absolute Gasteiger partial charge is 0.378 e. The monoisotopic (exact) mass is 328 g/mol. The fourth-order valence-electron chi connectivity index (χ4n) is 1.67. The number of nitrogens with one attached hydrogen (secondary N) is 1. The number of nitrogens with zero attached hydrogens (tertiary/aromatic N) is 1. The van der Waals surface area contributed by atoms with E-state index < -0.39 is 5.82 Å². The van der Waals surface area contributed by atoms with Crippen molar-refractivity contribution in [3.8, 4) is 6.07 Å². The Labute approximate surface area is 130 Å². The van der Waals surface area contributed by atoms with Crippen molar-refractivity contribution in [2.75, 3.05) is 5.32 Å². The molecule has 0 heterocycles. The Balaban J connectivity index is 2.24. The second-order valence-corrected chi connectivity index (χ2v) is 5.27. The van der Waals surface area contributed by atoms with Crippen LogP contribution in [0.2, 0.25) is 15.1 Å². The molecule has 6 heteroatoms. The van der Waals surface area contributed by atoms with Gasteiger partial charge in [-0.2, -0.15) is 5.26 Å². The van der Waals surface area contributed by atoms with Gasteiger partial charge >= 0.3 is 0 Å². The van der Waals surface area contributed by atoms with Gasteiger partial charge in [0.05, 0.1) is 27.4 Å². The van der Waals surface area contributed by atoms with Crippen molar-refractivity contribution in [1.82, 2.24) is 0 Å². The first-order valence-electron chi connectivity index (χ1n) is 5.58. The summed E-state index contributed by atoms with van der Waals surface area (Å²) >= 11 is 17.9. The van der Waals surface area contributed by atoms with Gasteiger partial charge in [-0.15, -0.1) is 0 Å². The second kappa shape index (κ2) is 6.32. The second-order valence-electron chi connectivity index (χ2n) is 4.02. The summed E-state index contributed by atoms with van der Waals surface area (Å²) in [6.07, 6.45) is 0. The van der Waals surface area contributed by atoms with Crippen LogP contribution in [0.25, 0.3) is 0 Å². The van der Waals surface area contributed by atoms with Gasteiger partial charge in [0.15, 0.2) is 0 Å². The Morgan fingerprint density at radius 1 is 1.10 bits per heavy atom. The zero-order valence-corrected chi connectivity index (χ0v) is 12.3. The molecule has 1 N–H and O–H groups in total. The molecule has 2 aromatic carbocycles. The van der Waals surface area contributed by atoms with Crippen LogP contribution >= 0.6 is 34.8 Å². The molecule has 0 unspecified atom stereocenters. The van der Waals surface area contributed by atoms with Gasteiger partial charge in [0.1, 0.15) is 5.82 Å². The summed E-state index contributed by atoms with van der Waals surface area (Å²) in [4.78, 5) is 0. The first-order chi connectivity index (χ1) is 9.51. The lowest BCUT2D eigenvalue weighted by molar-refractivity contribution is 0.612. The van der Waals surface area contributed by atoms with Crippen molar-refractivity contribution in [3.63, 3.8) is 0 Å². The van der Waals surface area contributed by atoms with Crippen molar-refractivity contribution < 1.29 is 4.39 Å². The summed E-state index contributed by atoms with van der Waals surface area (Å²) in [5, 5.41) is 12.9. The standard InChI is InChI=1S/C14H8Cl3FN2/c15-10-4-11(16)14(12(17)5-10)20-7-9-3-8(6-19)1-2-13(9)18/h1-5,20H,7H2. The highest BCUT2D eigenvalue weighted by Gasteiger charge is 2.09. The predicted molar refractivity (Wildman–Crippen MR) is 79.9 cm³/mol. The third-order valence-electron chi connectivity index (χ3n) is 2.64. The summed E-state index contributed by atoms with van der Waals surface area (Å²) in [5.74, 6) is -0.405. The summed E-state index contributed by atoms with van der Waals surface area (Å²) in [6.45, 7) is 0.155. The van der Waals surface area contributed by atoms with Gasteiger partial charge in [-0.3, -0.25) is 0 Å². The van der Waals surface area contributed by atoms with E-state index in [9.17, 15) is 4.39 Å². The summed E-state index contributed by atoms with van der Waals surface area (Å²) < 4.78 is 13.6. The number of halogens is 4. The zero-order valence-electron chi connectivity index (χ0n) is 10.1. The summed E-state index contributed by atoms with van der Waals surface area (Å²) in [6, 6.07) is 9.18. The van der Waals surface area contributed by atoms with E-state index in [2.05, 4.69) is 5.32 Å². The van der Waals surface area contributed by atoms with Crippen LogP contribution in [0.1, 0.15) is 11.1 Å². The minimum atomic E-state index is -0.405. The van der Waals surface area contributed by atoms with Crippen molar-refractivity contribution in [2.24, 2.45) is 0 Å². The molecule has 0 aromatic heterocycles. The molecule has 0 amide bonds. The van der Waals surface area contributed by atoms with E-state index in [0.29, 0.717) is 31.9 Å². The van der Waals surface area contributed by atoms with Crippen molar-refractivity contribution in [2.45, 2.75) is 6.54 Å². The van der Waals surface area contributed by atoms with E-state index in [0.717, 1.165) is 0 Å². The van der Waals surface area contributed by atoms with Crippen LogP contribution in [0.15, 0.2) is 30.3 Å². The number of benzene rings is 2. The average Bonchev–Trinajstić information content (AvgIpc) is 2.39. The number of hydrogen-bond donors (Lipinski definition) is 1. The maximum Gasteiger partial charge on any atom is 0.128 e. The van der Waals surface area contributed by atoms with Gasteiger partial charge in [0.2, 0.25) is 0 Å². The third-order valence-corrected chi connectivity index (χ3v) is 3.45. The van der Waals surface area contributed by atoms with Crippen LogP contribution in [0.4, 0.5) is 10.1 Å². The molecule has 0 saturated carbocycles. The molecule has 2 rings (SSSR count). The maximum absolute atomic E-state index is 13.6.